The number of carbonyl (C=O) groups is 1. The molecule has 106 valence electrons. The van der Waals surface area contributed by atoms with Gasteiger partial charge in [-0.05, 0) is 39.3 Å². The number of rotatable bonds is 6. The number of ether oxygens (including phenoxy) is 1. The van der Waals surface area contributed by atoms with Crippen molar-refractivity contribution in [3.63, 3.8) is 0 Å². The largest absolute Gasteiger partial charge is 0.464 e. The van der Waals surface area contributed by atoms with Crippen LogP contribution in [0.1, 0.15) is 27.7 Å². The highest BCUT2D eigenvalue weighted by atomic mass is 35.5. The fraction of sp³-hybridized carbons (Fsp3) is 0.636. The SMILES string of the molecule is CCOc1nc(Cl)nc(NC(C)C(=O)NC(C)C)n1. The molecule has 0 aromatic carbocycles. The van der Waals surface area contributed by atoms with Gasteiger partial charge in [0.2, 0.25) is 17.1 Å². The van der Waals surface area contributed by atoms with E-state index >= 15 is 0 Å². The summed E-state index contributed by atoms with van der Waals surface area (Å²) in [6.45, 7) is 7.71. The number of amides is 1. The molecule has 0 spiro atoms. The van der Waals surface area contributed by atoms with Gasteiger partial charge >= 0.3 is 6.01 Å². The zero-order valence-corrected chi connectivity index (χ0v) is 12.2. The summed E-state index contributed by atoms with van der Waals surface area (Å²) in [5.41, 5.74) is 0. The Kier molecular flexibility index (Phi) is 5.75. The molecule has 1 aromatic rings. The first-order valence-corrected chi connectivity index (χ1v) is 6.41. The smallest absolute Gasteiger partial charge is 0.322 e. The minimum Gasteiger partial charge on any atom is -0.464 e. The van der Waals surface area contributed by atoms with E-state index in [2.05, 4.69) is 25.6 Å². The van der Waals surface area contributed by atoms with Crippen molar-refractivity contribution in [3.05, 3.63) is 5.28 Å². The number of nitrogens with one attached hydrogen (secondary N) is 2. The van der Waals surface area contributed by atoms with Gasteiger partial charge in [-0.15, -0.1) is 0 Å². The van der Waals surface area contributed by atoms with E-state index in [-0.39, 0.29) is 29.2 Å². The predicted molar refractivity (Wildman–Crippen MR) is 72.4 cm³/mol. The zero-order chi connectivity index (χ0) is 14.4. The topological polar surface area (TPSA) is 89.0 Å². The van der Waals surface area contributed by atoms with Crippen molar-refractivity contribution >= 4 is 23.5 Å². The third-order valence-electron chi connectivity index (χ3n) is 2.03. The summed E-state index contributed by atoms with van der Waals surface area (Å²) in [6.07, 6.45) is 0. The van der Waals surface area contributed by atoms with Gasteiger partial charge in [-0.25, -0.2) is 0 Å². The van der Waals surface area contributed by atoms with Crippen molar-refractivity contribution in [1.29, 1.82) is 0 Å². The molecule has 0 aliphatic heterocycles. The maximum absolute atomic E-state index is 11.7. The maximum atomic E-state index is 11.7. The zero-order valence-electron chi connectivity index (χ0n) is 11.4. The fourth-order valence-electron chi connectivity index (χ4n) is 1.26. The number of anilines is 1. The molecule has 0 aliphatic carbocycles. The van der Waals surface area contributed by atoms with Crippen LogP contribution in [0.25, 0.3) is 0 Å². The summed E-state index contributed by atoms with van der Waals surface area (Å²) in [6, 6.07) is -0.297. The lowest BCUT2D eigenvalue weighted by molar-refractivity contribution is -0.122. The fourth-order valence-corrected chi connectivity index (χ4v) is 1.41. The summed E-state index contributed by atoms with van der Waals surface area (Å²) in [7, 11) is 0. The Morgan fingerprint density at radius 1 is 1.32 bits per heavy atom. The average Bonchev–Trinajstić information content (AvgIpc) is 2.27. The summed E-state index contributed by atoms with van der Waals surface area (Å²) < 4.78 is 5.15. The quantitative estimate of drug-likeness (QED) is 0.818. The first-order valence-electron chi connectivity index (χ1n) is 6.03. The molecule has 1 atom stereocenters. The minimum absolute atomic E-state index is 0.0115. The highest BCUT2D eigenvalue weighted by molar-refractivity contribution is 6.28. The predicted octanol–water partition coefficient (Wildman–Crippen LogP) is 1.25. The van der Waals surface area contributed by atoms with Gasteiger partial charge in [0.15, 0.2) is 0 Å². The number of hydrogen-bond donors (Lipinski definition) is 2. The Labute approximate surface area is 117 Å². The molecule has 0 saturated heterocycles. The van der Waals surface area contributed by atoms with Gasteiger partial charge < -0.3 is 15.4 Å². The third-order valence-corrected chi connectivity index (χ3v) is 2.20. The van der Waals surface area contributed by atoms with Crippen LogP contribution in [0, 0.1) is 0 Å². The molecule has 1 unspecified atom stereocenters. The van der Waals surface area contributed by atoms with E-state index < -0.39 is 6.04 Å². The van der Waals surface area contributed by atoms with Crippen LogP contribution >= 0.6 is 11.6 Å². The van der Waals surface area contributed by atoms with Gasteiger partial charge in [0.1, 0.15) is 6.04 Å². The molecule has 1 rings (SSSR count). The van der Waals surface area contributed by atoms with Crippen LogP contribution in [-0.2, 0) is 4.79 Å². The van der Waals surface area contributed by atoms with Crippen LogP contribution in [0.2, 0.25) is 5.28 Å². The molecule has 0 fully saturated rings. The molecule has 2 N–H and O–H groups in total. The molecular weight excluding hydrogens is 270 g/mol. The van der Waals surface area contributed by atoms with Gasteiger partial charge in [0.25, 0.3) is 0 Å². The van der Waals surface area contributed by atoms with Crippen molar-refractivity contribution in [3.8, 4) is 6.01 Å². The van der Waals surface area contributed by atoms with E-state index in [1.807, 2.05) is 20.8 Å². The number of carbonyl (C=O) groups excluding carboxylic acids is 1. The van der Waals surface area contributed by atoms with Gasteiger partial charge in [-0.3, -0.25) is 4.79 Å². The third kappa shape index (κ3) is 5.25. The van der Waals surface area contributed by atoms with E-state index in [0.29, 0.717) is 6.61 Å². The van der Waals surface area contributed by atoms with Crippen molar-refractivity contribution in [2.45, 2.75) is 39.8 Å². The number of nitrogens with zero attached hydrogens (tertiary/aromatic N) is 3. The second-order valence-electron chi connectivity index (χ2n) is 4.17. The summed E-state index contributed by atoms with van der Waals surface area (Å²) in [5, 5.41) is 5.64. The first kappa shape index (κ1) is 15.4. The highest BCUT2D eigenvalue weighted by Crippen LogP contribution is 2.12. The molecule has 1 aromatic heterocycles. The highest BCUT2D eigenvalue weighted by Gasteiger charge is 2.15. The Balaban J connectivity index is 2.73. The Hall–Kier alpha value is -1.63. The molecule has 7 nitrogen and oxygen atoms in total. The molecule has 0 bridgehead atoms. The van der Waals surface area contributed by atoms with Gasteiger partial charge in [-0.2, -0.15) is 15.0 Å². The van der Waals surface area contributed by atoms with E-state index in [1.165, 1.54) is 0 Å². The Morgan fingerprint density at radius 3 is 2.58 bits per heavy atom. The standard InChI is InChI=1S/C11H18ClN5O2/c1-5-19-11-16-9(12)15-10(17-11)14-7(4)8(18)13-6(2)3/h6-7H,5H2,1-4H3,(H,13,18)(H,14,15,16,17). The second kappa shape index (κ2) is 7.08. The lowest BCUT2D eigenvalue weighted by atomic mass is 10.3. The van der Waals surface area contributed by atoms with Crippen LogP contribution in [0.4, 0.5) is 5.95 Å². The van der Waals surface area contributed by atoms with Crippen molar-refractivity contribution in [1.82, 2.24) is 20.3 Å². The number of halogens is 1. The lowest BCUT2D eigenvalue weighted by Gasteiger charge is -2.16. The van der Waals surface area contributed by atoms with E-state index in [4.69, 9.17) is 16.3 Å². The Morgan fingerprint density at radius 2 is 2.00 bits per heavy atom. The van der Waals surface area contributed by atoms with E-state index in [9.17, 15) is 4.79 Å². The Bertz CT molecular complexity index is 441. The summed E-state index contributed by atoms with van der Waals surface area (Å²) in [4.78, 5) is 23.4. The summed E-state index contributed by atoms with van der Waals surface area (Å²) in [5.74, 6) is 0.0550. The van der Waals surface area contributed by atoms with Crippen molar-refractivity contribution < 1.29 is 9.53 Å². The van der Waals surface area contributed by atoms with Crippen LogP contribution in [0.5, 0.6) is 6.01 Å². The van der Waals surface area contributed by atoms with Crippen molar-refractivity contribution in [2.75, 3.05) is 11.9 Å². The van der Waals surface area contributed by atoms with Gasteiger partial charge in [0, 0.05) is 6.04 Å². The number of hydrogen-bond acceptors (Lipinski definition) is 6. The molecule has 1 amide bonds. The monoisotopic (exact) mass is 287 g/mol. The van der Waals surface area contributed by atoms with E-state index in [0.717, 1.165) is 0 Å². The van der Waals surface area contributed by atoms with Crippen LogP contribution in [0.15, 0.2) is 0 Å². The molecule has 19 heavy (non-hydrogen) atoms. The van der Waals surface area contributed by atoms with Gasteiger partial charge in [0.05, 0.1) is 6.61 Å². The second-order valence-corrected chi connectivity index (χ2v) is 4.51. The average molecular weight is 288 g/mol. The maximum Gasteiger partial charge on any atom is 0.322 e. The normalized spacial score (nSPS) is 12.1. The minimum atomic E-state index is -0.490. The van der Waals surface area contributed by atoms with Gasteiger partial charge in [-0.1, -0.05) is 0 Å². The lowest BCUT2D eigenvalue weighted by Crippen LogP contribution is -2.41. The van der Waals surface area contributed by atoms with Crippen LogP contribution in [-0.4, -0.2) is 39.5 Å². The van der Waals surface area contributed by atoms with Crippen LogP contribution < -0.4 is 15.4 Å². The molecular formula is C11H18ClN5O2. The molecule has 8 heteroatoms. The number of aromatic nitrogens is 3. The molecule has 0 saturated carbocycles. The van der Waals surface area contributed by atoms with Crippen LogP contribution in [0.3, 0.4) is 0 Å². The molecule has 0 radical (unpaired) electrons. The van der Waals surface area contributed by atoms with Crippen molar-refractivity contribution in [2.24, 2.45) is 0 Å². The summed E-state index contributed by atoms with van der Waals surface area (Å²) >= 11 is 5.75. The molecule has 0 aliphatic rings. The molecule has 1 heterocycles. The van der Waals surface area contributed by atoms with E-state index in [1.54, 1.807) is 6.92 Å². The first-order chi connectivity index (χ1) is 8.92.